The first-order chi connectivity index (χ1) is 12.9. The number of hydrogen-bond donors (Lipinski definition) is 1. The number of benzene rings is 2. The number of nitrogens with zero attached hydrogens (tertiary/aromatic N) is 1. The third kappa shape index (κ3) is 5.39. The lowest BCUT2D eigenvalue weighted by Crippen LogP contribution is -2.13. The highest BCUT2D eigenvalue weighted by molar-refractivity contribution is 9.10. The van der Waals surface area contributed by atoms with E-state index in [1.54, 1.807) is 24.3 Å². The van der Waals surface area contributed by atoms with Gasteiger partial charge in [0, 0.05) is 10.2 Å². The summed E-state index contributed by atoms with van der Waals surface area (Å²) >= 11 is 15.2. The zero-order valence-electron chi connectivity index (χ0n) is 14.5. The Bertz CT molecular complexity index is 939. The van der Waals surface area contributed by atoms with Crippen LogP contribution in [-0.4, -0.2) is 19.6 Å². The first-order valence-electron chi connectivity index (χ1n) is 7.78. The summed E-state index contributed by atoms with van der Waals surface area (Å²) in [5.74, 6) is 0.479. The molecule has 8 heteroatoms. The average molecular weight is 470 g/mol. The number of rotatable bonds is 6. The van der Waals surface area contributed by atoms with E-state index in [4.69, 9.17) is 32.7 Å². The number of nitriles is 1. The lowest BCUT2D eigenvalue weighted by atomic mass is 10.1. The van der Waals surface area contributed by atoms with Crippen molar-refractivity contribution >= 4 is 56.8 Å². The van der Waals surface area contributed by atoms with Crippen LogP contribution < -0.4 is 14.8 Å². The van der Waals surface area contributed by atoms with E-state index in [-0.39, 0.29) is 5.57 Å². The lowest BCUT2D eigenvalue weighted by Gasteiger charge is -2.12. The van der Waals surface area contributed by atoms with Crippen molar-refractivity contribution in [2.75, 3.05) is 19.0 Å². The Morgan fingerprint density at radius 2 is 2.00 bits per heavy atom. The lowest BCUT2D eigenvalue weighted by molar-refractivity contribution is -0.112. The second-order valence-electron chi connectivity index (χ2n) is 5.21. The third-order valence-electron chi connectivity index (χ3n) is 3.43. The highest BCUT2D eigenvalue weighted by Gasteiger charge is 2.14. The third-order valence-corrected chi connectivity index (χ3v) is 4.85. The number of halogens is 3. The van der Waals surface area contributed by atoms with Gasteiger partial charge in [-0.05, 0) is 48.9 Å². The van der Waals surface area contributed by atoms with E-state index in [0.29, 0.717) is 43.9 Å². The fourth-order valence-electron chi connectivity index (χ4n) is 2.17. The van der Waals surface area contributed by atoms with Crippen LogP contribution in [0.1, 0.15) is 12.5 Å². The van der Waals surface area contributed by atoms with Gasteiger partial charge >= 0.3 is 0 Å². The summed E-state index contributed by atoms with van der Waals surface area (Å²) in [6, 6.07) is 9.96. The molecule has 0 aliphatic carbocycles. The molecule has 2 aromatic carbocycles. The molecule has 5 nitrogen and oxygen atoms in total. The van der Waals surface area contributed by atoms with Crippen molar-refractivity contribution in [1.82, 2.24) is 0 Å². The molecule has 1 N–H and O–H groups in total. The molecule has 0 fully saturated rings. The smallest absolute Gasteiger partial charge is 0.266 e. The molecule has 27 heavy (non-hydrogen) atoms. The van der Waals surface area contributed by atoms with Gasteiger partial charge in [0.1, 0.15) is 11.6 Å². The molecular formula is C19H15BrCl2N2O3. The van der Waals surface area contributed by atoms with Gasteiger partial charge in [-0.3, -0.25) is 4.79 Å². The van der Waals surface area contributed by atoms with Crippen LogP contribution in [0.25, 0.3) is 6.08 Å². The molecule has 0 saturated carbocycles. The molecule has 0 atom stereocenters. The van der Waals surface area contributed by atoms with E-state index >= 15 is 0 Å². The standard InChI is InChI=1S/C19H15BrCl2N2O3/c1-3-27-18-7-11(14(20)9-17(18)26-2)6-12(10-23)19(25)24-13-4-5-15(21)16(22)8-13/h4-9H,3H2,1-2H3,(H,24,25)/b12-6+. The summed E-state index contributed by atoms with van der Waals surface area (Å²) in [5, 5.41) is 12.7. The quantitative estimate of drug-likeness (QED) is 0.434. The maximum Gasteiger partial charge on any atom is 0.266 e. The Morgan fingerprint density at radius 3 is 2.59 bits per heavy atom. The van der Waals surface area contributed by atoms with Crippen LogP contribution >= 0.6 is 39.1 Å². The summed E-state index contributed by atoms with van der Waals surface area (Å²) in [5.41, 5.74) is 0.939. The monoisotopic (exact) mass is 468 g/mol. The maximum atomic E-state index is 12.4. The van der Waals surface area contributed by atoms with Gasteiger partial charge in [-0.1, -0.05) is 39.1 Å². The van der Waals surface area contributed by atoms with Gasteiger partial charge < -0.3 is 14.8 Å². The van der Waals surface area contributed by atoms with E-state index in [2.05, 4.69) is 21.2 Å². The summed E-state index contributed by atoms with van der Waals surface area (Å²) in [6.45, 7) is 2.30. The minimum Gasteiger partial charge on any atom is -0.493 e. The SMILES string of the molecule is CCOc1cc(/C=C(\C#N)C(=O)Nc2ccc(Cl)c(Cl)c2)c(Br)cc1OC. The molecule has 0 spiro atoms. The van der Waals surface area contributed by atoms with Crippen LogP contribution in [-0.2, 0) is 4.79 Å². The topological polar surface area (TPSA) is 71.3 Å². The molecule has 1 amide bonds. The van der Waals surface area contributed by atoms with Crippen molar-refractivity contribution in [3.8, 4) is 17.6 Å². The molecule has 0 saturated heterocycles. The number of carbonyl (C=O) groups excluding carboxylic acids is 1. The molecule has 0 aliphatic rings. The number of amides is 1. The zero-order chi connectivity index (χ0) is 20.0. The fourth-order valence-corrected chi connectivity index (χ4v) is 2.90. The molecule has 0 bridgehead atoms. The largest absolute Gasteiger partial charge is 0.493 e. The van der Waals surface area contributed by atoms with Crippen molar-refractivity contribution < 1.29 is 14.3 Å². The van der Waals surface area contributed by atoms with Crippen molar-refractivity contribution in [3.05, 3.63) is 56.0 Å². The van der Waals surface area contributed by atoms with E-state index in [0.717, 1.165) is 0 Å². The molecule has 140 valence electrons. The van der Waals surface area contributed by atoms with E-state index < -0.39 is 5.91 Å². The number of nitrogens with one attached hydrogen (secondary N) is 1. The van der Waals surface area contributed by atoms with E-state index in [1.807, 2.05) is 13.0 Å². The first kappa shape index (κ1) is 21.1. The van der Waals surface area contributed by atoms with Gasteiger partial charge in [0.15, 0.2) is 11.5 Å². The van der Waals surface area contributed by atoms with Crippen molar-refractivity contribution in [2.45, 2.75) is 6.92 Å². The molecule has 0 unspecified atom stereocenters. The fraction of sp³-hybridized carbons (Fsp3) is 0.158. The normalized spacial score (nSPS) is 10.9. The molecule has 0 heterocycles. The van der Waals surface area contributed by atoms with E-state index in [9.17, 15) is 10.1 Å². The van der Waals surface area contributed by atoms with Gasteiger partial charge in [-0.15, -0.1) is 0 Å². The highest BCUT2D eigenvalue weighted by atomic mass is 79.9. The number of methoxy groups -OCH3 is 1. The first-order valence-corrected chi connectivity index (χ1v) is 9.33. The van der Waals surface area contributed by atoms with Gasteiger partial charge in [-0.2, -0.15) is 5.26 Å². The van der Waals surface area contributed by atoms with Crippen molar-refractivity contribution in [1.29, 1.82) is 5.26 Å². The Hall–Kier alpha value is -2.20. The molecule has 0 aromatic heterocycles. The molecular weight excluding hydrogens is 455 g/mol. The van der Waals surface area contributed by atoms with Crippen molar-refractivity contribution in [2.24, 2.45) is 0 Å². The van der Waals surface area contributed by atoms with Crippen molar-refractivity contribution in [3.63, 3.8) is 0 Å². The number of ether oxygens (including phenoxy) is 2. The van der Waals surface area contributed by atoms with Gasteiger partial charge in [0.25, 0.3) is 5.91 Å². The predicted octanol–water partition coefficient (Wildman–Crippen LogP) is 5.71. The van der Waals surface area contributed by atoms with Crippen LogP contribution in [0.2, 0.25) is 10.0 Å². The summed E-state index contributed by atoms with van der Waals surface area (Å²) in [4.78, 5) is 12.4. The summed E-state index contributed by atoms with van der Waals surface area (Å²) in [6.07, 6.45) is 1.46. The van der Waals surface area contributed by atoms with Gasteiger partial charge in [-0.25, -0.2) is 0 Å². The van der Waals surface area contributed by atoms with Crippen LogP contribution in [0.4, 0.5) is 5.69 Å². The zero-order valence-corrected chi connectivity index (χ0v) is 17.6. The van der Waals surface area contributed by atoms with Crippen LogP contribution in [0.3, 0.4) is 0 Å². The number of anilines is 1. The Balaban J connectivity index is 2.34. The molecule has 2 aromatic rings. The number of hydrogen-bond acceptors (Lipinski definition) is 4. The van der Waals surface area contributed by atoms with Gasteiger partial charge in [0.05, 0.1) is 23.8 Å². The van der Waals surface area contributed by atoms with E-state index in [1.165, 1.54) is 19.3 Å². The highest BCUT2D eigenvalue weighted by Crippen LogP contribution is 2.34. The molecule has 0 radical (unpaired) electrons. The second kappa shape index (κ2) is 9.65. The minimum atomic E-state index is -0.573. The predicted molar refractivity (Wildman–Crippen MR) is 111 cm³/mol. The molecule has 0 aliphatic heterocycles. The summed E-state index contributed by atoms with van der Waals surface area (Å²) in [7, 11) is 1.53. The molecule has 2 rings (SSSR count). The van der Waals surface area contributed by atoms with Crippen LogP contribution in [0.15, 0.2) is 40.4 Å². The second-order valence-corrected chi connectivity index (χ2v) is 6.88. The number of carbonyl (C=O) groups is 1. The Kier molecular flexibility index (Phi) is 7.55. The Labute approximate surface area is 175 Å². The Morgan fingerprint density at radius 1 is 1.26 bits per heavy atom. The summed E-state index contributed by atoms with van der Waals surface area (Å²) < 4.78 is 11.5. The van der Waals surface area contributed by atoms with Gasteiger partial charge in [0.2, 0.25) is 0 Å². The minimum absolute atomic E-state index is 0.0885. The average Bonchev–Trinajstić information content (AvgIpc) is 2.64. The van der Waals surface area contributed by atoms with Crippen LogP contribution in [0.5, 0.6) is 11.5 Å². The van der Waals surface area contributed by atoms with Crippen LogP contribution in [0, 0.1) is 11.3 Å². The maximum absolute atomic E-state index is 12.4.